The van der Waals surface area contributed by atoms with Gasteiger partial charge in [-0.05, 0) is 55.3 Å². The van der Waals surface area contributed by atoms with Crippen LogP contribution in [-0.4, -0.2) is 21.5 Å². The molecule has 1 aliphatic rings. The van der Waals surface area contributed by atoms with Crippen LogP contribution in [0.15, 0.2) is 41.9 Å². The Morgan fingerprint density at radius 1 is 1.36 bits per heavy atom. The average molecular weight is 397 g/mol. The normalized spacial score (nSPS) is 15.9. The number of nitrogens with one attached hydrogen (secondary N) is 1. The summed E-state index contributed by atoms with van der Waals surface area (Å²) in [6.07, 6.45) is 4.47. The molecular weight excluding hydrogens is 377 g/mol. The summed E-state index contributed by atoms with van der Waals surface area (Å²) >= 11 is 1.36. The van der Waals surface area contributed by atoms with E-state index in [1.54, 1.807) is 35.1 Å². The van der Waals surface area contributed by atoms with Gasteiger partial charge in [0.05, 0.1) is 23.5 Å². The van der Waals surface area contributed by atoms with Crippen molar-refractivity contribution in [2.24, 2.45) is 0 Å². The predicted octanol–water partition coefficient (Wildman–Crippen LogP) is 4.01. The first-order valence-corrected chi connectivity index (χ1v) is 10.1. The predicted molar refractivity (Wildman–Crippen MR) is 105 cm³/mol. The number of benzene rings is 1. The number of Topliss-reactive ketones (excluding diaryl/α,β-unsaturated/α-hetero) is 1. The molecule has 7 heteroatoms. The van der Waals surface area contributed by atoms with E-state index >= 15 is 0 Å². The van der Waals surface area contributed by atoms with Crippen molar-refractivity contribution in [3.63, 3.8) is 0 Å². The minimum Gasteiger partial charge on any atom is -0.349 e. The van der Waals surface area contributed by atoms with E-state index in [0.717, 1.165) is 36.1 Å². The minimum atomic E-state index is -0.321. The van der Waals surface area contributed by atoms with Crippen LogP contribution in [0.3, 0.4) is 0 Å². The van der Waals surface area contributed by atoms with Crippen molar-refractivity contribution in [1.82, 2.24) is 15.1 Å². The average Bonchev–Trinajstić information content (AvgIpc) is 3.30. The maximum atomic E-state index is 14.2. The second-order valence-corrected chi connectivity index (χ2v) is 7.89. The van der Waals surface area contributed by atoms with Crippen molar-refractivity contribution in [1.29, 1.82) is 0 Å². The van der Waals surface area contributed by atoms with E-state index in [0.29, 0.717) is 10.6 Å². The molecule has 0 unspecified atom stereocenters. The van der Waals surface area contributed by atoms with Crippen LogP contribution < -0.4 is 5.32 Å². The maximum Gasteiger partial charge on any atom is 0.224 e. The molecule has 0 saturated carbocycles. The Bertz CT molecular complexity index is 1040. The number of thiophene rings is 1. The molecule has 1 aliphatic carbocycles. The van der Waals surface area contributed by atoms with Gasteiger partial charge in [-0.3, -0.25) is 9.59 Å². The molecule has 2 heterocycles. The van der Waals surface area contributed by atoms with Gasteiger partial charge in [0.1, 0.15) is 11.5 Å². The van der Waals surface area contributed by atoms with Crippen molar-refractivity contribution < 1.29 is 14.0 Å². The molecule has 2 aromatic heterocycles. The van der Waals surface area contributed by atoms with Crippen molar-refractivity contribution in [2.75, 3.05) is 0 Å². The molecule has 0 fully saturated rings. The van der Waals surface area contributed by atoms with E-state index < -0.39 is 0 Å². The molecule has 1 aromatic carbocycles. The van der Waals surface area contributed by atoms with Gasteiger partial charge in [0, 0.05) is 11.3 Å². The summed E-state index contributed by atoms with van der Waals surface area (Å²) in [5.74, 6) is -0.406. The van der Waals surface area contributed by atoms with Crippen molar-refractivity contribution >= 4 is 23.0 Å². The SMILES string of the molecule is CC(=O)c1cc(CC(=O)N[C@@H]2CCCc3c2cnn3-c2ccccc2F)cs1. The minimum absolute atomic E-state index is 0.00846. The lowest BCUT2D eigenvalue weighted by molar-refractivity contribution is -0.121. The number of nitrogens with zero attached hydrogens (tertiary/aromatic N) is 2. The molecule has 0 spiro atoms. The molecule has 1 N–H and O–H groups in total. The number of fused-ring (bicyclic) bond motifs is 1. The Morgan fingerprint density at radius 2 is 2.18 bits per heavy atom. The van der Waals surface area contributed by atoms with E-state index in [-0.39, 0.29) is 30.0 Å². The highest BCUT2D eigenvalue weighted by Gasteiger charge is 2.26. The summed E-state index contributed by atoms with van der Waals surface area (Å²) in [6.45, 7) is 1.52. The number of rotatable bonds is 5. The number of amides is 1. The third-order valence-electron chi connectivity index (χ3n) is 4.96. The number of carbonyl (C=O) groups excluding carboxylic acids is 2. The summed E-state index contributed by atoms with van der Waals surface area (Å²) in [5, 5.41) is 9.30. The zero-order valence-corrected chi connectivity index (χ0v) is 16.3. The number of carbonyl (C=O) groups is 2. The summed E-state index contributed by atoms with van der Waals surface area (Å²) < 4.78 is 15.8. The second kappa shape index (κ2) is 7.67. The fraction of sp³-hybridized carbons (Fsp3) is 0.286. The monoisotopic (exact) mass is 397 g/mol. The number of para-hydroxylation sites is 1. The van der Waals surface area contributed by atoms with Gasteiger partial charge in [-0.1, -0.05) is 12.1 Å². The van der Waals surface area contributed by atoms with Gasteiger partial charge in [0.2, 0.25) is 5.91 Å². The lowest BCUT2D eigenvalue weighted by Crippen LogP contribution is -2.32. The van der Waals surface area contributed by atoms with Gasteiger partial charge in [0.25, 0.3) is 0 Å². The van der Waals surface area contributed by atoms with Crippen LogP contribution in [0.4, 0.5) is 4.39 Å². The molecule has 1 amide bonds. The molecule has 4 rings (SSSR count). The van der Waals surface area contributed by atoms with E-state index in [2.05, 4.69) is 10.4 Å². The third-order valence-corrected chi connectivity index (χ3v) is 6.04. The van der Waals surface area contributed by atoms with Gasteiger partial charge in [-0.2, -0.15) is 5.10 Å². The largest absolute Gasteiger partial charge is 0.349 e. The first-order valence-electron chi connectivity index (χ1n) is 9.22. The first-order chi connectivity index (χ1) is 13.5. The van der Waals surface area contributed by atoms with Crippen LogP contribution in [0.1, 0.15) is 52.3 Å². The Morgan fingerprint density at radius 3 is 2.93 bits per heavy atom. The van der Waals surface area contributed by atoms with Crippen LogP contribution in [0, 0.1) is 5.82 Å². The zero-order chi connectivity index (χ0) is 19.7. The quantitative estimate of drug-likeness (QED) is 0.662. The summed E-state index contributed by atoms with van der Waals surface area (Å²) in [5.41, 5.74) is 3.14. The van der Waals surface area contributed by atoms with Gasteiger partial charge < -0.3 is 5.32 Å². The molecule has 0 saturated heterocycles. The molecule has 28 heavy (non-hydrogen) atoms. The molecule has 0 bridgehead atoms. The van der Waals surface area contributed by atoms with E-state index in [1.807, 2.05) is 5.38 Å². The Balaban J connectivity index is 1.51. The second-order valence-electron chi connectivity index (χ2n) is 6.97. The van der Waals surface area contributed by atoms with Crippen molar-refractivity contribution in [2.45, 2.75) is 38.6 Å². The standard InChI is InChI=1S/C21H20FN3O2S/c1-13(26)20-9-14(12-28-20)10-21(27)24-17-6-4-8-18-15(17)11-23-25(18)19-7-3-2-5-16(19)22/h2-3,5,7,9,11-12,17H,4,6,8,10H2,1H3,(H,24,27)/t17-/m1/s1. The first kappa shape index (κ1) is 18.6. The lowest BCUT2D eigenvalue weighted by atomic mass is 9.92. The molecule has 5 nitrogen and oxygen atoms in total. The van der Waals surface area contributed by atoms with Gasteiger partial charge in [0.15, 0.2) is 5.78 Å². The van der Waals surface area contributed by atoms with E-state index in [1.165, 1.54) is 24.3 Å². The van der Waals surface area contributed by atoms with Crippen LogP contribution in [-0.2, 0) is 17.6 Å². The van der Waals surface area contributed by atoms with Gasteiger partial charge in [-0.25, -0.2) is 9.07 Å². The smallest absolute Gasteiger partial charge is 0.224 e. The van der Waals surface area contributed by atoms with Crippen molar-refractivity contribution in [3.8, 4) is 5.69 Å². The molecular formula is C21H20FN3O2S. The zero-order valence-electron chi connectivity index (χ0n) is 15.4. The number of hydrogen-bond acceptors (Lipinski definition) is 4. The van der Waals surface area contributed by atoms with E-state index in [4.69, 9.17) is 0 Å². The highest BCUT2D eigenvalue weighted by molar-refractivity contribution is 7.12. The highest BCUT2D eigenvalue weighted by atomic mass is 32.1. The summed E-state index contributed by atoms with van der Waals surface area (Å²) in [4.78, 5) is 24.6. The summed E-state index contributed by atoms with van der Waals surface area (Å²) in [7, 11) is 0. The maximum absolute atomic E-state index is 14.2. The Hall–Kier alpha value is -2.80. The van der Waals surface area contributed by atoms with Crippen LogP contribution in [0.2, 0.25) is 0 Å². The highest BCUT2D eigenvalue weighted by Crippen LogP contribution is 2.31. The van der Waals surface area contributed by atoms with Crippen LogP contribution >= 0.6 is 11.3 Å². The molecule has 1 atom stereocenters. The fourth-order valence-corrected chi connectivity index (χ4v) is 4.44. The van der Waals surface area contributed by atoms with Crippen molar-refractivity contribution in [3.05, 3.63) is 69.4 Å². The van der Waals surface area contributed by atoms with E-state index in [9.17, 15) is 14.0 Å². The topological polar surface area (TPSA) is 64.0 Å². The van der Waals surface area contributed by atoms with Crippen LogP contribution in [0.25, 0.3) is 5.69 Å². The Kier molecular flexibility index (Phi) is 5.09. The van der Waals surface area contributed by atoms with Crippen LogP contribution in [0.5, 0.6) is 0 Å². The molecule has 0 aliphatic heterocycles. The number of halogens is 1. The lowest BCUT2D eigenvalue weighted by Gasteiger charge is -2.24. The van der Waals surface area contributed by atoms with Gasteiger partial charge >= 0.3 is 0 Å². The molecule has 3 aromatic rings. The molecule has 144 valence electrons. The summed E-state index contributed by atoms with van der Waals surface area (Å²) in [6, 6.07) is 8.19. The Labute approximate surface area is 166 Å². The fourth-order valence-electron chi connectivity index (χ4n) is 3.62. The van der Waals surface area contributed by atoms with Gasteiger partial charge in [-0.15, -0.1) is 11.3 Å². The molecule has 0 radical (unpaired) electrons. The number of aromatic nitrogens is 2. The number of ketones is 1. The third kappa shape index (κ3) is 3.62. The number of hydrogen-bond donors (Lipinski definition) is 1.